The van der Waals surface area contributed by atoms with Crippen LogP contribution in [0.3, 0.4) is 0 Å². The Morgan fingerprint density at radius 2 is 1.96 bits per heavy atom. The van der Waals surface area contributed by atoms with E-state index in [2.05, 4.69) is 20.5 Å². The van der Waals surface area contributed by atoms with Crippen molar-refractivity contribution in [3.05, 3.63) is 77.9 Å². The normalized spacial score (nSPS) is 11.0. The van der Waals surface area contributed by atoms with Crippen molar-refractivity contribution in [2.45, 2.75) is 17.5 Å². The van der Waals surface area contributed by atoms with E-state index < -0.39 is 0 Å². The number of oxazole rings is 1. The molecule has 0 spiro atoms. The van der Waals surface area contributed by atoms with Crippen LogP contribution in [0.15, 0.2) is 70.4 Å². The molecular formula is C18H14FN5OS. The lowest BCUT2D eigenvalue weighted by molar-refractivity contribution is 0.571. The molecule has 0 saturated carbocycles. The highest BCUT2D eigenvalue weighted by molar-refractivity contribution is 7.98. The van der Waals surface area contributed by atoms with Gasteiger partial charge >= 0.3 is 0 Å². The molecule has 2 heterocycles. The first-order valence-electron chi connectivity index (χ1n) is 7.91. The monoisotopic (exact) mass is 367 g/mol. The van der Waals surface area contributed by atoms with E-state index in [0.29, 0.717) is 28.9 Å². The van der Waals surface area contributed by atoms with Gasteiger partial charge in [0.15, 0.2) is 0 Å². The van der Waals surface area contributed by atoms with Crippen molar-refractivity contribution in [1.29, 1.82) is 0 Å². The third kappa shape index (κ3) is 3.80. The Labute approximate surface area is 153 Å². The Morgan fingerprint density at radius 1 is 1.08 bits per heavy atom. The van der Waals surface area contributed by atoms with Gasteiger partial charge in [-0.1, -0.05) is 48.2 Å². The van der Waals surface area contributed by atoms with E-state index in [1.165, 1.54) is 23.9 Å². The molecule has 0 radical (unpaired) electrons. The molecule has 8 heteroatoms. The molecule has 26 heavy (non-hydrogen) atoms. The molecule has 0 aliphatic heterocycles. The first-order valence-corrected chi connectivity index (χ1v) is 8.90. The van der Waals surface area contributed by atoms with Crippen molar-refractivity contribution >= 4 is 11.8 Å². The lowest BCUT2D eigenvalue weighted by atomic mass is 10.2. The van der Waals surface area contributed by atoms with Crippen LogP contribution in [-0.4, -0.2) is 25.2 Å². The molecule has 6 nitrogen and oxygen atoms in total. The number of nitrogens with zero attached hydrogens (tertiary/aromatic N) is 5. The topological polar surface area (TPSA) is 69.6 Å². The number of thioether (sulfide) groups is 1. The fourth-order valence-electron chi connectivity index (χ4n) is 2.42. The van der Waals surface area contributed by atoms with Crippen molar-refractivity contribution in [2.75, 3.05) is 0 Å². The first kappa shape index (κ1) is 16.5. The molecule has 0 aliphatic carbocycles. The fourth-order valence-corrected chi connectivity index (χ4v) is 3.18. The highest BCUT2D eigenvalue weighted by Crippen LogP contribution is 2.24. The maximum absolute atomic E-state index is 13.3. The summed E-state index contributed by atoms with van der Waals surface area (Å²) >= 11 is 1.47. The van der Waals surface area contributed by atoms with Crippen LogP contribution in [0.1, 0.15) is 11.3 Å². The van der Waals surface area contributed by atoms with Crippen LogP contribution >= 0.6 is 11.8 Å². The summed E-state index contributed by atoms with van der Waals surface area (Å²) in [5.74, 6) is 0.620. The zero-order valence-electron chi connectivity index (χ0n) is 13.6. The summed E-state index contributed by atoms with van der Waals surface area (Å²) in [6, 6.07) is 16.1. The van der Waals surface area contributed by atoms with E-state index >= 15 is 0 Å². The lowest BCUT2D eigenvalue weighted by Gasteiger charge is -2.03. The van der Waals surface area contributed by atoms with Gasteiger partial charge < -0.3 is 4.42 Å². The Balaban J connectivity index is 1.43. The summed E-state index contributed by atoms with van der Waals surface area (Å²) in [5, 5.41) is 12.5. The predicted octanol–water partition coefficient (Wildman–Crippen LogP) is 3.81. The summed E-state index contributed by atoms with van der Waals surface area (Å²) in [7, 11) is 0. The Hall–Kier alpha value is -3.00. The average Bonchev–Trinajstić information content (AvgIpc) is 3.30. The Morgan fingerprint density at radius 3 is 2.81 bits per heavy atom. The minimum Gasteiger partial charge on any atom is -0.444 e. The third-order valence-electron chi connectivity index (χ3n) is 3.65. The van der Waals surface area contributed by atoms with Gasteiger partial charge in [-0.05, 0) is 34.2 Å². The van der Waals surface area contributed by atoms with Crippen molar-refractivity contribution in [3.8, 4) is 11.5 Å². The van der Waals surface area contributed by atoms with E-state index in [4.69, 9.17) is 4.42 Å². The van der Waals surface area contributed by atoms with Gasteiger partial charge in [0.1, 0.15) is 12.1 Å². The van der Waals surface area contributed by atoms with Gasteiger partial charge in [-0.2, -0.15) is 0 Å². The van der Waals surface area contributed by atoms with Crippen LogP contribution in [0.5, 0.6) is 0 Å². The fraction of sp³-hybridized carbons (Fsp3) is 0.111. The molecule has 0 bridgehead atoms. The second-order valence-electron chi connectivity index (χ2n) is 5.55. The summed E-state index contributed by atoms with van der Waals surface area (Å²) < 4.78 is 20.5. The Kier molecular flexibility index (Phi) is 4.74. The standard InChI is InChI=1S/C18H14FN5OS/c19-15-8-4-7-14(9-15)17-20-16(11-25-17)12-26-18-21-22-23-24(18)10-13-5-2-1-3-6-13/h1-9,11H,10,12H2. The number of hydrogen-bond donors (Lipinski definition) is 0. The van der Waals surface area contributed by atoms with Gasteiger partial charge in [0.2, 0.25) is 11.0 Å². The second kappa shape index (κ2) is 7.49. The first-order chi connectivity index (χ1) is 12.8. The maximum Gasteiger partial charge on any atom is 0.226 e. The molecule has 0 unspecified atom stereocenters. The van der Waals surface area contributed by atoms with Crippen LogP contribution in [-0.2, 0) is 12.3 Å². The minimum atomic E-state index is -0.322. The third-order valence-corrected chi connectivity index (χ3v) is 4.64. The van der Waals surface area contributed by atoms with Crippen molar-refractivity contribution in [2.24, 2.45) is 0 Å². The molecule has 4 aromatic rings. The Bertz CT molecular complexity index is 1000. The maximum atomic E-state index is 13.3. The minimum absolute atomic E-state index is 0.322. The van der Waals surface area contributed by atoms with E-state index in [1.807, 2.05) is 30.3 Å². The smallest absolute Gasteiger partial charge is 0.226 e. The van der Waals surface area contributed by atoms with Gasteiger partial charge in [0.25, 0.3) is 0 Å². The zero-order chi connectivity index (χ0) is 17.8. The summed E-state index contributed by atoms with van der Waals surface area (Å²) in [4.78, 5) is 4.40. The van der Waals surface area contributed by atoms with Gasteiger partial charge in [-0.15, -0.1) is 5.10 Å². The molecule has 0 N–H and O–H groups in total. The SMILES string of the molecule is Fc1cccc(-c2nc(CSc3nnnn3Cc3ccccc3)co2)c1. The second-order valence-corrected chi connectivity index (χ2v) is 6.49. The number of rotatable bonds is 6. The summed E-state index contributed by atoms with van der Waals surface area (Å²) in [5.41, 5.74) is 2.47. The van der Waals surface area contributed by atoms with Gasteiger partial charge in [-0.25, -0.2) is 14.1 Å². The summed E-state index contributed by atoms with van der Waals surface area (Å²) in [6.07, 6.45) is 1.57. The van der Waals surface area contributed by atoms with E-state index in [-0.39, 0.29) is 5.82 Å². The number of halogens is 1. The quantitative estimate of drug-likeness (QED) is 0.483. The molecule has 0 aliphatic rings. The molecule has 0 fully saturated rings. The predicted molar refractivity (Wildman–Crippen MR) is 94.8 cm³/mol. The number of tetrazole rings is 1. The number of hydrogen-bond acceptors (Lipinski definition) is 6. The number of aromatic nitrogens is 5. The molecule has 130 valence electrons. The van der Waals surface area contributed by atoms with Crippen LogP contribution in [0, 0.1) is 5.82 Å². The molecule has 2 aromatic heterocycles. The molecular weight excluding hydrogens is 353 g/mol. The van der Waals surface area contributed by atoms with Crippen molar-refractivity contribution in [1.82, 2.24) is 25.2 Å². The zero-order valence-corrected chi connectivity index (χ0v) is 14.4. The van der Waals surface area contributed by atoms with Crippen molar-refractivity contribution in [3.63, 3.8) is 0 Å². The van der Waals surface area contributed by atoms with Gasteiger partial charge in [0.05, 0.1) is 12.2 Å². The largest absolute Gasteiger partial charge is 0.444 e. The van der Waals surface area contributed by atoms with Crippen LogP contribution in [0.4, 0.5) is 4.39 Å². The van der Waals surface area contributed by atoms with Crippen molar-refractivity contribution < 1.29 is 8.81 Å². The highest BCUT2D eigenvalue weighted by Gasteiger charge is 2.11. The highest BCUT2D eigenvalue weighted by atomic mass is 32.2. The molecule has 0 amide bonds. The number of benzene rings is 2. The average molecular weight is 367 g/mol. The molecule has 4 rings (SSSR count). The lowest BCUT2D eigenvalue weighted by Crippen LogP contribution is -2.03. The van der Waals surface area contributed by atoms with Crippen LogP contribution in [0.25, 0.3) is 11.5 Å². The van der Waals surface area contributed by atoms with Gasteiger partial charge in [0, 0.05) is 11.3 Å². The van der Waals surface area contributed by atoms with E-state index in [9.17, 15) is 4.39 Å². The summed E-state index contributed by atoms with van der Waals surface area (Å²) in [6.45, 7) is 0.601. The van der Waals surface area contributed by atoms with Crippen LogP contribution in [0.2, 0.25) is 0 Å². The van der Waals surface area contributed by atoms with Crippen LogP contribution < -0.4 is 0 Å². The molecule has 0 saturated heterocycles. The van der Waals surface area contributed by atoms with E-state index in [0.717, 1.165) is 11.3 Å². The van der Waals surface area contributed by atoms with Gasteiger partial charge in [-0.3, -0.25) is 0 Å². The molecule has 0 atom stereocenters. The van der Waals surface area contributed by atoms with E-state index in [1.54, 1.807) is 23.1 Å². The molecule has 2 aromatic carbocycles.